The number of carboxylic acid groups (broad SMARTS) is 1. The molecule has 5 nitrogen and oxygen atoms in total. The van der Waals surface area contributed by atoms with Gasteiger partial charge >= 0.3 is 5.97 Å². The Bertz CT molecular complexity index is 296. The van der Waals surface area contributed by atoms with E-state index in [0.29, 0.717) is 13.0 Å². The predicted molar refractivity (Wildman–Crippen MR) is 43.0 cm³/mol. The molecule has 5 heteroatoms. The minimum absolute atomic E-state index is 0.361. The van der Waals surface area contributed by atoms with Gasteiger partial charge < -0.3 is 9.84 Å². The fourth-order valence-electron chi connectivity index (χ4n) is 1.57. The van der Waals surface area contributed by atoms with E-state index in [4.69, 9.17) is 9.84 Å². The third-order valence-corrected chi connectivity index (χ3v) is 2.24. The standard InChI is InChI=1S/C8H10N2O3/c11-8(12)5-2-4-13-7(5)6-1-3-9-10-6/h1,3,5,7H,2,4H2,(H,9,10)(H,11,12)/t5-,7-/m1/s1. The number of carboxylic acids is 1. The van der Waals surface area contributed by atoms with Crippen LogP contribution in [0.1, 0.15) is 18.2 Å². The van der Waals surface area contributed by atoms with Crippen molar-refractivity contribution in [1.29, 1.82) is 0 Å². The van der Waals surface area contributed by atoms with Crippen LogP contribution in [0.25, 0.3) is 0 Å². The molecule has 0 unspecified atom stereocenters. The molecule has 1 aromatic rings. The molecule has 0 radical (unpaired) electrons. The maximum absolute atomic E-state index is 10.8. The Hall–Kier alpha value is -1.36. The lowest BCUT2D eigenvalue weighted by Gasteiger charge is -2.11. The fourth-order valence-corrected chi connectivity index (χ4v) is 1.57. The summed E-state index contributed by atoms with van der Waals surface area (Å²) in [5.41, 5.74) is 0.741. The van der Waals surface area contributed by atoms with Gasteiger partial charge in [0.25, 0.3) is 0 Å². The van der Waals surface area contributed by atoms with Gasteiger partial charge in [0.1, 0.15) is 6.10 Å². The Morgan fingerprint density at radius 2 is 2.62 bits per heavy atom. The van der Waals surface area contributed by atoms with Crippen molar-refractivity contribution in [2.45, 2.75) is 12.5 Å². The average Bonchev–Trinajstić information content (AvgIpc) is 2.74. The number of nitrogens with zero attached hydrogens (tertiary/aromatic N) is 1. The van der Waals surface area contributed by atoms with Crippen LogP contribution in [0.4, 0.5) is 0 Å². The van der Waals surface area contributed by atoms with E-state index in [1.165, 1.54) is 0 Å². The molecular weight excluding hydrogens is 172 g/mol. The van der Waals surface area contributed by atoms with Crippen molar-refractivity contribution >= 4 is 5.97 Å². The van der Waals surface area contributed by atoms with E-state index in [2.05, 4.69) is 10.2 Å². The second kappa shape index (κ2) is 3.18. The van der Waals surface area contributed by atoms with Crippen molar-refractivity contribution in [2.24, 2.45) is 5.92 Å². The molecule has 0 amide bonds. The lowest BCUT2D eigenvalue weighted by Crippen LogP contribution is -2.17. The van der Waals surface area contributed by atoms with Gasteiger partial charge in [0.2, 0.25) is 0 Å². The van der Waals surface area contributed by atoms with Gasteiger partial charge in [-0.05, 0) is 12.5 Å². The molecule has 1 aliphatic rings. The summed E-state index contributed by atoms with van der Waals surface area (Å²) in [6.07, 6.45) is 1.80. The molecular formula is C8H10N2O3. The molecule has 13 heavy (non-hydrogen) atoms. The third kappa shape index (κ3) is 1.42. The topological polar surface area (TPSA) is 75.2 Å². The Kier molecular flexibility index (Phi) is 2.02. The highest BCUT2D eigenvalue weighted by Crippen LogP contribution is 2.33. The molecule has 2 N–H and O–H groups in total. The molecule has 0 aliphatic carbocycles. The van der Waals surface area contributed by atoms with E-state index < -0.39 is 11.9 Å². The summed E-state index contributed by atoms with van der Waals surface area (Å²) in [7, 11) is 0. The molecule has 2 atom stereocenters. The largest absolute Gasteiger partial charge is 0.481 e. The van der Waals surface area contributed by atoms with Crippen LogP contribution >= 0.6 is 0 Å². The minimum atomic E-state index is -0.808. The summed E-state index contributed by atoms with van der Waals surface area (Å²) in [5.74, 6) is -1.25. The minimum Gasteiger partial charge on any atom is -0.481 e. The van der Waals surface area contributed by atoms with E-state index in [-0.39, 0.29) is 6.10 Å². The van der Waals surface area contributed by atoms with Crippen molar-refractivity contribution in [3.8, 4) is 0 Å². The van der Waals surface area contributed by atoms with E-state index in [1.54, 1.807) is 12.3 Å². The second-order valence-electron chi connectivity index (χ2n) is 3.04. The van der Waals surface area contributed by atoms with Gasteiger partial charge in [0, 0.05) is 12.8 Å². The van der Waals surface area contributed by atoms with Crippen molar-refractivity contribution in [3.05, 3.63) is 18.0 Å². The summed E-state index contributed by atoms with van der Waals surface area (Å²) in [4.78, 5) is 10.8. The number of carbonyl (C=O) groups is 1. The number of hydrogen-bond donors (Lipinski definition) is 2. The SMILES string of the molecule is O=C(O)[C@@H]1CCO[C@H]1c1ccn[nH]1. The van der Waals surface area contributed by atoms with Crippen LogP contribution < -0.4 is 0 Å². The van der Waals surface area contributed by atoms with E-state index in [1.807, 2.05) is 0 Å². The molecule has 70 valence electrons. The maximum Gasteiger partial charge on any atom is 0.309 e. The van der Waals surface area contributed by atoms with Gasteiger partial charge in [-0.1, -0.05) is 0 Å². The van der Waals surface area contributed by atoms with E-state index in [0.717, 1.165) is 5.69 Å². The molecule has 1 saturated heterocycles. The third-order valence-electron chi connectivity index (χ3n) is 2.24. The first-order chi connectivity index (χ1) is 6.29. The monoisotopic (exact) mass is 182 g/mol. The van der Waals surface area contributed by atoms with Crippen LogP contribution in [0, 0.1) is 5.92 Å². The number of rotatable bonds is 2. The number of aliphatic carboxylic acids is 1. The highest BCUT2D eigenvalue weighted by atomic mass is 16.5. The van der Waals surface area contributed by atoms with Crippen LogP contribution in [0.15, 0.2) is 12.3 Å². The second-order valence-corrected chi connectivity index (χ2v) is 3.04. The van der Waals surface area contributed by atoms with Gasteiger partial charge in [0.15, 0.2) is 0 Å². The lowest BCUT2D eigenvalue weighted by molar-refractivity contribution is -0.143. The average molecular weight is 182 g/mol. The molecule has 2 heterocycles. The molecule has 0 spiro atoms. The Morgan fingerprint density at radius 3 is 3.23 bits per heavy atom. The maximum atomic E-state index is 10.8. The van der Waals surface area contributed by atoms with Gasteiger partial charge in [0.05, 0.1) is 11.6 Å². The Morgan fingerprint density at radius 1 is 1.77 bits per heavy atom. The lowest BCUT2D eigenvalue weighted by atomic mass is 10.00. The first kappa shape index (κ1) is 8.25. The summed E-state index contributed by atoms with van der Waals surface area (Å²) in [5, 5.41) is 15.4. The number of hydrogen-bond acceptors (Lipinski definition) is 3. The number of ether oxygens (including phenoxy) is 1. The molecule has 1 fully saturated rings. The van der Waals surface area contributed by atoms with Crippen LogP contribution in [-0.4, -0.2) is 27.9 Å². The summed E-state index contributed by atoms with van der Waals surface area (Å²) in [6.45, 7) is 0.501. The first-order valence-corrected chi connectivity index (χ1v) is 4.12. The smallest absolute Gasteiger partial charge is 0.309 e. The predicted octanol–water partition coefficient (Wildman–Crippen LogP) is 0.572. The molecule has 0 bridgehead atoms. The van der Waals surface area contributed by atoms with Gasteiger partial charge in [-0.25, -0.2) is 0 Å². The van der Waals surface area contributed by atoms with Gasteiger partial charge in [-0.15, -0.1) is 0 Å². The quantitative estimate of drug-likeness (QED) is 0.701. The number of aromatic nitrogens is 2. The van der Waals surface area contributed by atoms with E-state index >= 15 is 0 Å². The van der Waals surface area contributed by atoms with Crippen molar-refractivity contribution < 1.29 is 14.6 Å². The first-order valence-electron chi connectivity index (χ1n) is 4.12. The fraction of sp³-hybridized carbons (Fsp3) is 0.500. The number of aromatic amines is 1. The van der Waals surface area contributed by atoms with Gasteiger partial charge in [-0.2, -0.15) is 5.10 Å². The van der Waals surface area contributed by atoms with Crippen LogP contribution in [0.3, 0.4) is 0 Å². The zero-order valence-electron chi connectivity index (χ0n) is 6.93. The molecule has 1 aromatic heterocycles. The summed E-state index contributed by atoms with van der Waals surface area (Å²) < 4.78 is 5.32. The summed E-state index contributed by atoms with van der Waals surface area (Å²) >= 11 is 0. The van der Waals surface area contributed by atoms with E-state index in [9.17, 15) is 4.79 Å². The Balaban J connectivity index is 2.19. The number of nitrogens with one attached hydrogen (secondary N) is 1. The molecule has 2 rings (SSSR count). The summed E-state index contributed by atoms with van der Waals surface area (Å²) in [6, 6.07) is 1.74. The van der Waals surface area contributed by atoms with Crippen LogP contribution in [-0.2, 0) is 9.53 Å². The van der Waals surface area contributed by atoms with Gasteiger partial charge in [-0.3, -0.25) is 9.89 Å². The van der Waals surface area contributed by atoms with Crippen molar-refractivity contribution in [2.75, 3.05) is 6.61 Å². The zero-order chi connectivity index (χ0) is 9.26. The van der Waals surface area contributed by atoms with Crippen molar-refractivity contribution in [3.63, 3.8) is 0 Å². The Labute approximate surface area is 74.7 Å². The molecule has 0 aromatic carbocycles. The van der Waals surface area contributed by atoms with Crippen LogP contribution in [0.2, 0.25) is 0 Å². The zero-order valence-corrected chi connectivity index (χ0v) is 6.93. The highest BCUT2D eigenvalue weighted by molar-refractivity contribution is 5.71. The highest BCUT2D eigenvalue weighted by Gasteiger charge is 2.35. The van der Waals surface area contributed by atoms with Crippen LogP contribution in [0.5, 0.6) is 0 Å². The molecule has 1 aliphatic heterocycles. The van der Waals surface area contributed by atoms with Crippen molar-refractivity contribution in [1.82, 2.24) is 10.2 Å². The number of H-pyrrole nitrogens is 1. The normalized spacial score (nSPS) is 27.7. The molecule has 0 saturated carbocycles.